The molecular weight excluding hydrogens is 338 g/mol. The van der Waals surface area contributed by atoms with Crippen molar-refractivity contribution in [3.8, 4) is 0 Å². The van der Waals surface area contributed by atoms with Gasteiger partial charge in [-0.25, -0.2) is 0 Å². The molecule has 2 aliphatic rings. The zero-order valence-electron chi connectivity index (χ0n) is 15.0. The minimum atomic E-state index is -0.705. The maximum absolute atomic E-state index is 13.2. The monoisotopic (exact) mass is 365 g/mol. The number of nitrogens with zero attached hydrogens (tertiary/aromatic N) is 3. The van der Waals surface area contributed by atoms with Gasteiger partial charge in [-0.1, -0.05) is 12.8 Å². The minimum absolute atomic E-state index is 0.0714. The highest BCUT2D eigenvalue weighted by Gasteiger charge is 2.45. The van der Waals surface area contributed by atoms with E-state index in [4.69, 9.17) is 12.2 Å². The van der Waals surface area contributed by atoms with Gasteiger partial charge in [-0.2, -0.15) is 5.10 Å². The van der Waals surface area contributed by atoms with Crippen LogP contribution in [-0.2, 0) is 16.1 Å². The van der Waals surface area contributed by atoms with Gasteiger partial charge in [-0.05, 0) is 44.8 Å². The van der Waals surface area contributed by atoms with Crippen LogP contribution in [0.5, 0.6) is 0 Å². The van der Waals surface area contributed by atoms with Crippen molar-refractivity contribution in [2.24, 2.45) is 0 Å². The lowest BCUT2D eigenvalue weighted by Gasteiger charge is -2.39. The van der Waals surface area contributed by atoms with Gasteiger partial charge < -0.3 is 14.8 Å². The van der Waals surface area contributed by atoms with E-state index in [-0.39, 0.29) is 17.7 Å². The van der Waals surface area contributed by atoms with Crippen LogP contribution in [0.25, 0.3) is 0 Å². The maximum atomic E-state index is 13.2. The van der Waals surface area contributed by atoms with Crippen molar-refractivity contribution in [3.05, 3.63) is 10.6 Å². The highest BCUT2D eigenvalue weighted by Crippen LogP contribution is 2.34. The van der Waals surface area contributed by atoms with E-state index in [1.54, 1.807) is 0 Å². The lowest BCUT2D eigenvalue weighted by atomic mass is 9.91. The second kappa shape index (κ2) is 7.27. The van der Waals surface area contributed by atoms with Crippen LogP contribution in [0.1, 0.15) is 64.1 Å². The molecule has 2 fully saturated rings. The van der Waals surface area contributed by atoms with E-state index < -0.39 is 5.54 Å². The molecule has 1 aromatic rings. The summed E-state index contributed by atoms with van der Waals surface area (Å²) in [5.41, 5.74) is -0.705. The number of hydrogen-bond acceptors (Lipinski definition) is 4. The Kier molecular flexibility index (Phi) is 5.27. The van der Waals surface area contributed by atoms with Crippen LogP contribution in [-0.4, -0.2) is 50.1 Å². The number of amides is 2. The number of nitrogens with one attached hydrogen (secondary N) is 2. The third-order valence-corrected chi connectivity index (χ3v) is 5.77. The number of piperidine rings is 1. The SMILES string of the molecule is CCn1c(C2CCCN(C(=O)C3(NC(C)=O)CCCC3)C2)n[nH]c1=S. The molecule has 1 aliphatic carbocycles. The van der Waals surface area contributed by atoms with Crippen molar-refractivity contribution in [3.63, 3.8) is 0 Å². The molecule has 1 unspecified atom stereocenters. The van der Waals surface area contributed by atoms with Crippen molar-refractivity contribution in [2.75, 3.05) is 13.1 Å². The van der Waals surface area contributed by atoms with Crippen LogP contribution in [0, 0.1) is 4.77 Å². The first-order valence-corrected chi connectivity index (χ1v) is 9.61. The fourth-order valence-electron chi connectivity index (χ4n) is 4.33. The maximum Gasteiger partial charge on any atom is 0.248 e. The van der Waals surface area contributed by atoms with E-state index in [9.17, 15) is 9.59 Å². The summed E-state index contributed by atoms with van der Waals surface area (Å²) >= 11 is 5.29. The van der Waals surface area contributed by atoms with Crippen LogP contribution in [0.4, 0.5) is 0 Å². The molecule has 1 aromatic heterocycles. The van der Waals surface area contributed by atoms with Gasteiger partial charge in [0, 0.05) is 32.5 Å². The van der Waals surface area contributed by atoms with Crippen molar-refractivity contribution >= 4 is 24.0 Å². The number of aromatic nitrogens is 3. The van der Waals surface area contributed by atoms with Gasteiger partial charge in [0.15, 0.2) is 4.77 Å². The largest absolute Gasteiger partial charge is 0.342 e. The lowest BCUT2D eigenvalue weighted by molar-refractivity contribution is -0.142. The first kappa shape index (κ1) is 18.1. The molecule has 1 saturated carbocycles. The molecule has 0 bridgehead atoms. The number of likely N-dealkylation sites (tertiary alicyclic amines) is 1. The van der Waals surface area contributed by atoms with Crippen LogP contribution >= 0.6 is 12.2 Å². The summed E-state index contributed by atoms with van der Waals surface area (Å²) < 4.78 is 2.64. The Labute approximate surface area is 153 Å². The van der Waals surface area contributed by atoms with Gasteiger partial charge in [0.1, 0.15) is 11.4 Å². The van der Waals surface area contributed by atoms with Gasteiger partial charge in [-0.15, -0.1) is 0 Å². The van der Waals surface area contributed by atoms with E-state index >= 15 is 0 Å². The normalized spacial score (nSPS) is 22.8. The van der Waals surface area contributed by atoms with Gasteiger partial charge in [-0.3, -0.25) is 14.7 Å². The second-order valence-corrected chi connectivity index (χ2v) is 7.58. The van der Waals surface area contributed by atoms with Crippen molar-refractivity contribution < 1.29 is 9.59 Å². The van der Waals surface area contributed by atoms with Crippen molar-refractivity contribution in [1.82, 2.24) is 25.0 Å². The molecule has 8 heteroatoms. The van der Waals surface area contributed by atoms with E-state index in [1.165, 1.54) is 6.92 Å². The molecule has 2 heterocycles. The fraction of sp³-hybridized carbons (Fsp3) is 0.765. The molecule has 2 N–H and O–H groups in total. The number of carbonyl (C=O) groups is 2. The predicted octanol–water partition coefficient (Wildman–Crippen LogP) is 2.12. The van der Waals surface area contributed by atoms with E-state index in [0.29, 0.717) is 11.3 Å². The summed E-state index contributed by atoms with van der Waals surface area (Å²) in [6, 6.07) is 0. The first-order valence-electron chi connectivity index (χ1n) is 9.20. The van der Waals surface area contributed by atoms with E-state index in [1.807, 2.05) is 16.4 Å². The second-order valence-electron chi connectivity index (χ2n) is 7.19. The predicted molar refractivity (Wildman–Crippen MR) is 96.7 cm³/mol. The molecule has 0 radical (unpaired) electrons. The number of aromatic amines is 1. The summed E-state index contributed by atoms with van der Waals surface area (Å²) in [6.45, 7) is 5.69. The third-order valence-electron chi connectivity index (χ3n) is 5.46. The first-order chi connectivity index (χ1) is 12.0. The number of hydrogen-bond donors (Lipinski definition) is 2. The Morgan fingerprint density at radius 1 is 1.36 bits per heavy atom. The summed E-state index contributed by atoms with van der Waals surface area (Å²) in [4.78, 5) is 26.8. The van der Waals surface area contributed by atoms with E-state index in [2.05, 4.69) is 15.5 Å². The van der Waals surface area contributed by atoms with Gasteiger partial charge >= 0.3 is 0 Å². The molecule has 3 rings (SSSR count). The molecular formula is C17H27N5O2S. The zero-order chi connectivity index (χ0) is 18.0. The topological polar surface area (TPSA) is 83.0 Å². The minimum Gasteiger partial charge on any atom is -0.342 e. The quantitative estimate of drug-likeness (QED) is 0.801. The summed E-state index contributed by atoms with van der Waals surface area (Å²) in [5, 5.41) is 10.2. The van der Waals surface area contributed by atoms with Gasteiger partial charge in [0.25, 0.3) is 0 Å². The molecule has 1 saturated heterocycles. The Morgan fingerprint density at radius 3 is 2.72 bits per heavy atom. The highest BCUT2D eigenvalue weighted by atomic mass is 32.1. The van der Waals surface area contributed by atoms with Crippen molar-refractivity contribution in [2.45, 2.75) is 70.4 Å². The molecule has 1 atom stereocenters. The number of H-pyrrole nitrogens is 1. The van der Waals surface area contributed by atoms with Crippen LogP contribution in [0.2, 0.25) is 0 Å². The average molecular weight is 366 g/mol. The fourth-order valence-corrected chi connectivity index (χ4v) is 4.60. The molecule has 0 aromatic carbocycles. The Hall–Kier alpha value is -1.70. The zero-order valence-corrected chi connectivity index (χ0v) is 15.8. The Balaban J connectivity index is 1.79. The Morgan fingerprint density at radius 2 is 2.08 bits per heavy atom. The summed E-state index contributed by atoms with van der Waals surface area (Å²) in [6.07, 6.45) is 5.38. The molecule has 138 valence electrons. The molecule has 0 spiro atoms. The van der Waals surface area contributed by atoms with E-state index in [0.717, 1.165) is 57.4 Å². The van der Waals surface area contributed by atoms with Crippen LogP contribution < -0.4 is 5.32 Å². The number of rotatable bonds is 4. The third kappa shape index (κ3) is 3.49. The number of carbonyl (C=O) groups excluding carboxylic acids is 2. The van der Waals surface area contributed by atoms with Gasteiger partial charge in [0.05, 0.1) is 0 Å². The molecule has 25 heavy (non-hydrogen) atoms. The lowest BCUT2D eigenvalue weighted by Crippen LogP contribution is -2.59. The molecule has 2 amide bonds. The average Bonchev–Trinajstić information content (AvgIpc) is 3.21. The van der Waals surface area contributed by atoms with Crippen molar-refractivity contribution in [1.29, 1.82) is 0 Å². The molecule has 7 nitrogen and oxygen atoms in total. The summed E-state index contributed by atoms with van der Waals surface area (Å²) in [7, 11) is 0. The standard InChI is InChI=1S/C17H27N5O2S/c1-3-22-14(19-20-16(22)25)13-7-6-10-21(11-13)15(24)17(18-12(2)23)8-4-5-9-17/h13H,3-11H2,1-2H3,(H,18,23)(H,20,25). The smallest absolute Gasteiger partial charge is 0.248 e. The van der Waals surface area contributed by atoms with Crippen LogP contribution in [0.15, 0.2) is 0 Å². The summed E-state index contributed by atoms with van der Waals surface area (Å²) in [5.74, 6) is 1.06. The van der Waals surface area contributed by atoms with Gasteiger partial charge in [0.2, 0.25) is 11.8 Å². The molecule has 1 aliphatic heterocycles. The Bertz CT molecular complexity index is 704. The highest BCUT2D eigenvalue weighted by molar-refractivity contribution is 7.71. The van der Waals surface area contributed by atoms with Crippen LogP contribution in [0.3, 0.4) is 0 Å².